The van der Waals surface area contributed by atoms with Crippen LogP contribution in [0.3, 0.4) is 0 Å². The minimum atomic E-state index is -0.290. The van der Waals surface area contributed by atoms with Crippen LogP contribution in [0.5, 0.6) is 0 Å². The van der Waals surface area contributed by atoms with Crippen molar-refractivity contribution in [3.63, 3.8) is 0 Å². The first-order valence-corrected chi connectivity index (χ1v) is 7.48. The van der Waals surface area contributed by atoms with Gasteiger partial charge in [-0.1, -0.05) is 46.3 Å². The van der Waals surface area contributed by atoms with E-state index in [0.717, 1.165) is 16.6 Å². The number of benzene rings is 2. The molecule has 4 heteroatoms. The molecule has 0 radical (unpaired) electrons. The molecule has 0 fully saturated rings. The molecule has 2 aromatic rings. The van der Waals surface area contributed by atoms with Gasteiger partial charge in [-0.3, -0.25) is 4.90 Å². The first-order chi connectivity index (χ1) is 10.1. The largest absolute Gasteiger partial charge is 0.465 e. The lowest BCUT2D eigenvalue weighted by atomic mass is 10.1. The quantitative estimate of drug-likeness (QED) is 0.769. The first kappa shape index (κ1) is 15.7. The van der Waals surface area contributed by atoms with E-state index in [1.165, 1.54) is 12.7 Å². The maximum absolute atomic E-state index is 11.8. The minimum absolute atomic E-state index is 0.290. The molecule has 0 amide bonds. The Morgan fingerprint density at radius 2 is 1.90 bits per heavy atom. The third-order valence-corrected chi connectivity index (χ3v) is 3.70. The van der Waals surface area contributed by atoms with Crippen molar-refractivity contribution in [2.45, 2.75) is 13.1 Å². The Bertz CT molecular complexity index is 628. The second-order valence-corrected chi connectivity index (χ2v) is 5.87. The Balaban J connectivity index is 2.09. The third kappa shape index (κ3) is 4.41. The van der Waals surface area contributed by atoms with Gasteiger partial charge in [0.2, 0.25) is 0 Å². The van der Waals surface area contributed by atoms with Gasteiger partial charge in [0.1, 0.15) is 0 Å². The summed E-state index contributed by atoms with van der Waals surface area (Å²) in [4.78, 5) is 13.9. The van der Waals surface area contributed by atoms with Gasteiger partial charge in [-0.15, -0.1) is 0 Å². The van der Waals surface area contributed by atoms with Gasteiger partial charge in [-0.25, -0.2) is 4.79 Å². The highest BCUT2D eigenvalue weighted by Crippen LogP contribution is 2.16. The van der Waals surface area contributed by atoms with Crippen LogP contribution in [-0.2, 0) is 17.8 Å². The normalized spacial score (nSPS) is 10.7. The number of hydrogen-bond donors (Lipinski definition) is 0. The lowest BCUT2D eigenvalue weighted by molar-refractivity contribution is 0.0598. The molecule has 0 aliphatic carbocycles. The molecule has 0 atom stereocenters. The van der Waals surface area contributed by atoms with Crippen LogP contribution in [0.4, 0.5) is 0 Å². The van der Waals surface area contributed by atoms with E-state index in [0.29, 0.717) is 12.1 Å². The van der Waals surface area contributed by atoms with Crippen molar-refractivity contribution in [1.82, 2.24) is 4.90 Å². The number of halogens is 1. The Kier molecular flexibility index (Phi) is 5.53. The van der Waals surface area contributed by atoms with Crippen LogP contribution in [0.25, 0.3) is 0 Å². The lowest BCUT2D eigenvalue weighted by Gasteiger charge is -2.18. The fraction of sp³-hybridized carbons (Fsp3) is 0.235. The lowest BCUT2D eigenvalue weighted by Crippen LogP contribution is -2.19. The van der Waals surface area contributed by atoms with Crippen LogP contribution in [0.2, 0.25) is 0 Å². The molecule has 0 saturated carbocycles. The van der Waals surface area contributed by atoms with Crippen molar-refractivity contribution < 1.29 is 9.53 Å². The summed E-state index contributed by atoms with van der Waals surface area (Å²) < 4.78 is 5.90. The van der Waals surface area contributed by atoms with Gasteiger partial charge < -0.3 is 4.74 Å². The molecule has 110 valence electrons. The minimum Gasteiger partial charge on any atom is -0.465 e. The van der Waals surface area contributed by atoms with Crippen molar-refractivity contribution in [3.8, 4) is 0 Å². The second-order valence-electron chi connectivity index (χ2n) is 4.95. The van der Waals surface area contributed by atoms with Gasteiger partial charge in [0.15, 0.2) is 0 Å². The molecule has 2 aromatic carbocycles. The zero-order chi connectivity index (χ0) is 15.2. The van der Waals surface area contributed by atoms with Crippen LogP contribution in [0.15, 0.2) is 53.0 Å². The summed E-state index contributed by atoms with van der Waals surface area (Å²) >= 11 is 3.48. The average Bonchev–Trinajstić information content (AvgIpc) is 2.47. The Morgan fingerprint density at radius 1 is 1.14 bits per heavy atom. The summed E-state index contributed by atoms with van der Waals surface area (Å²) in [6, 6.07) is 15.8. The van der Waals surface area contributed by atoms with E-state index < -0.39 is 0 Å². The number of nitrogens with zero attached hydrogens (tertiary/aromatic N) is 1. The third-order valence-electron chi connectivity index (χ3n) is 3.20. The van der Waals surface area contributed by atoms with Crippen molar-refractivity contribution in [2.75, 3.05) is 14.2 Å². The van der Waals surface area contributed by atoms with E-state index in [1.54, 1.807) is 6.07 Å². The predicted octanol–water partition coefficient (Wildman–Crippen LogP) is 3.87. The summed E-state index contributed by atoms with van der Waals surface area (Å²) in [6.45, 7) is 1.51. The maximum Gasteiger partial charge on any atom is 0.338 e. The van der Waals surface area contributed by atoms with Crippen molar-refractivity contribution in [3.05, 3.63) is 69.7 Å². The highest BCUT2D eigenvalue weighted by molar-refractivity contribution is 9.10. The van der Waals surface area contributed by atoms with Crippen molar-refractivity contribution >= 4 is 21.9 Å². The van der Waals surface area contributed by atoms with Crippen LogP contribution in [-0.4, -0.2) is 25.0 Å². The van der Waals surface area contributed by atoms with Gasteiger partial charge in [-0.05, 0) is 36.4 Å². The van der Waals surface area contributed by atoms with Crippen LogP contribution in [0.1, 0.15) is 21.5 Å². The predicted molar refractivity (Wildman–Crippen MR) is 87.1 cm³/mol. The number of ether oxygens (including phenoxy) is 1. The highest BCUT2D eigenvalue weighted by atomic mass is 79.9. The van der Waals surface area contributed by atoms with Crippen molar-refractivity contribution in [1.29, 1.82) is 0 Å². The first-order valence-electron chi connectivity index (χ1n) is 6.69. The van der Waals surface area contributed by atoms with Crippen LogP contribution < -0.4 is 0 Å². The number of hydrogen-bond acceptors (Lipinski definition) is 3. The molecule has 3 nitrogen and oxygen atoms in total. The van der Waals surface area contributed by atoms with Crippen molar-refractivity contribution in [2.24, 2.45) is 0 Å². The molecule has 0 N–H and O–H groups in total. The van der Waals surface area contributed by atoms with Gasteiger partial charge in [0.25, 0.3) is 0 Å². The Hall–Kier alpha value is -1.65. The number of methoxy groups -OCH3 is 1. The van der Waals surface area contributed by atoms with E-state index in [4.69, 9.17) is 4.74 Å². The monoisotopic (exact) mass is 347 g/mol. The summed E-state index contributed by atoms with van der Waals surface area (Å²) in [5.74, 6) is -0.290. The van der Waals surface area contributed by atoms with E-state index in [9.17, 15) is 4.79 Å². The highest BCUT2D eigenvalue weighted by Gasteiger charge is 2.12. The summed E-state index contributed by atoms with van der Waals surface area (Å²) in [6.07, 6.45) is 0. The molecule has 0 heterocycles. The molecule has 21 heavy (non-hydrogen) atoms. The summed E-state index contributed by atoms with van der Waals surface area (Å²) in [5.41, 5.74) is 2.82. The van der Waals surface area contributed by atoms with Crippen LogP contribution >= 0.6 is 15.9 Å². The molecule has 0 bridgehead atoms. The number of rotatable bonds is 5. The molecule has 0 saturated heterocycles. The topological polar surface area (TPSA) is 29.5 Å². The number of carbonyl (C=O) groups is 1. The van der Waals surface area contributed by atoms with E-state index in [-0.39, 0.29) is 5.97 Å². The molecule has 0 aliphatic rings. The summed E-state index contributed by atoms with van der Waals surface area (Å²) in [5, 5.41) is 0. The Morgan fingerprint density at radius 3 is 2.62 bits per heavy atom. The van der Waals surface area contributed by atoms with Gasteiger partial charge in [-0.2, -0.15) is 0 Å². The molecule has 2 rings (SSSR count). The van der Waals surface area contributed by atoms with E-state index in [1.807, 2.05) is 37.4 Å². The maximum atomic E-state index is 11.8. The summed E-state index contributed by atoms with van der Waals surface area (Å²) in [7, 11) is 3.44. The number of carbonyl (C=O) groups excluding carboxylic acids is 1. The van der Waals surface area contributed by atoms with E-state index in [2.05, 4.69) is 33.0 Å². The van der Waals surface area contributed by atoms with Gasteiger partial charge in [0, 0.05) is 17.6 Å². The van der Waals surface area contributed by atoms with E-state index >= 15 is 0 Å². The molecule has 0 unspecified atom stereocenters. The molecular weight excluding hydrogens is 330 g/mol. The Labute approximate surface area is 133 Å². The molecular formula is C17H18BrNO2. The van der Waals surface area contributed by atoms with Crippen LogP contribution in [0, 0.1) is 0 Å². The van der Waals surface area contributed by atoms with Gasteiger partial charge >= 0.3 is 5.97 Å². The fourth-order valence-electron chi connectivity index (χ4n) is 2.26. The second kappa shape index (κ2) is 7.38. The SMILES string of the molecule is COC(=O)c1ccccc1CN(C)Cc1cccc(Br)c1. The number of esters is 1. The molecule has 0 spiro atoms. The zero-order valence-corrected chi connectivity index (χ0v) is 13.8. The fourth-order valence-corrected chi connectivity index (χ4v) is 2.71. The van der Waals surface area contributed by atoms with Gasteiger partial charge in [0.05, 0.1) is 12.7 Å². The zero-order valence-electron chi connectivity index (χ0n) is 12.2. The molecule has 0 aromatic heterocycles. The smallest absolute Gasteiger partial charge is 0.338 e. The molecule has 0 aliphatic heterocycles. The average molecular weight is 348 g/mol. The standard InChI is InChI=1S/C17H18BrNO2/c1-19(11-13-6-5-8-15(18)10-13)12-14-7-3-4-9-16(14)17(20)21-2/h3-10H,11-12H2,1-2H3.